The second-order valence-electron chi connectivity index (χ2n) is 5.50. The van der Waals surface area contributed by atoms with Crippen LogP contribution in [-0.4, -0.2) is 31.1 Å². The van der Waals surface area contributed by atoms with Gasteiger partial charge in [0.25, 0.3) is 0 Å². The number of piperidine rings is 1. The Balaban J connectivity index is 1.78. The fraction of sp³-hybridized carbons (Fsp3) is 0.562. The van der Waals surface area contributed by atoms with Gasteiger partial charge < -0.3 is 16.0 Å². The third-order valence-corrected chi connectivity index (χ3v) is 3.90. The topological polar surface area (TPSA) is 58.4 Å². The zero-order chi connectivity index (χ0) is 14.4. The summed E-state index contributed by atoms with van der Waals surface area (Å²) >= 11 is 0. The zero-order valence-electron chi connectivity index (χ0n) is 12.2. The number of carbonyl (C=O) groups is 1. The Morgan fingerprint density at radius 3 is 2.60 bits per heavy atom. The first-order valence-electron chi connectivity index (χ1n) is 7.56. The Kier molecular flexibility index (Phi) is 5.41. The summed E-state index contributed by atoms with van der Waals surface area (Å²) in [7, 11) is 0. The van der Waals surface area contributed by atoms with Crippen LogP contribution in [0.1, 0.15) is 32.6 Å². The summed E-state index contributed by atoms with van der Waals surface area (Å²) in [6, 6.07) is 10.3. The van der Waals surface area contributed by atoms with E-state index >= 15 is 0 Å². The number of hydrogen-bond acceptors (Lipinski definition) is 3. The molecule has 0 aliphatic carbocycles. The quantitative estimate of drug-likeness (QED) is 0.863. The first-order chi connectivity index (χ1) is 9.70. The molecule has 1 amide bonds. The van der Waals surface area contributed by atoms with Gasteiger partial charge in [0.05, 0.1) is 6.04 Å². The number of nitrogens with one attached hydrogen (secondary N) is 1. The molecule has 20 heavy (non-hydrogen) atoms. The smallest absolute Gasteiger partial charge is 0.237 e. The summed E-state index contributed by atoms with van der Waals surface area (Å²) in [5.41, 5.74) is 7.10. The van der Waals surface area contributed by atoms with E-state index in [0.717, 1.165) is 38.8 Å². The van der Waals surface area contributed by atoms with Crippen molar-refractivity contribution >= 4 is 11.6 Å². The van der Waals surface area contributed by atoms with Gasteiger partial charge in [0, 0.05) is 24.8 Å². The van der Waals surface area contributed by atoms with Crippen LogP contribution in [0.2, 0.25) is 0 Å². The van der Waals surface area contributed by atoms with Crippen molar-refractivity contribution in [3.05, 3.63) is 30.3 Å². The van der Waals surface area contributed by atoms with Gasteiger partial charge in [-0.25, -0.2) is 0 Å². The van der Waals surface area contributed by atoms with Crippen molar-refractivity contribution in [2.75, 3.05) is 18.0 Å². The largest absolute Gasteiger partial charge is 0.371 e. The highest BCUT2D eigenvalue weighted by Gasteiger charge is 2.22. The molecule has 1 unspecified atom stereocenters. The molecule has 0 bridgehead atoms. The number of carbonyl (C=O) groups excluding carboxylic acids is 1. The predicted molar refractivity (Wildman–Crippen MR) is 82.7 cm³/mol. The molecule has 0 radical (unpaired) electrons. The second-order valence-corrected chi connectivity index (χ2v) is 5.50. The lowest BCUT2D eigenvalue weighted by Crippen LogP contribution is -2.49. The number of rotatable bonds is 5. The SMILES string of the molecule is CCCC(N)C(=O)NC1CCN(c2ccccc2)CC1. The van der Waals surface area contributed by atoms with E-state index in [1.165, 1.54) is 5.69 Å². The standard InChI is InChI=1S/C16H25N3O/c1-2-6-15(17)16(20)18-13-9-11-19(12-10-13)14-7-4-3-5-8-14/h3-5,7-8,13,15H,2,6,9-12,17H2,1H3,(H,18,20). The van der Waals surface area contributed by atoms with Crippen LogP contribution in [0.3, 0.4) is 0 Å². The molecule has 1 atom stereocenters. The van der Waals surface area contributed by atoms with Crippen molar-refractivity contribution in [3.63, 3.8) is 0 Å². The number of amides is 1. The van der Waals surface area contributed by atoms with Gasteiger partial charge in [-0.05, 0) is 31.4 Å². The molecule has 4 heteroatoms. The lowest BCUT2D eigenvalue weighted by Gasteiger charge is -2.34. The number of benzene rings is 1. The molecule has 1 saturated heterocycles. The Morgan fingerprint density at radius 1 is 1.35 bits per heavy atom. The third-order valence-electron chi connectivity index (χ3n) is 3.90. The lowest BCUT2D eigenvalue weighted by molar-refractivity contribution is -0.123. The van der Waals surface area contributed by atoms with Crippen LogP contribution in [0.5, 0.6) is 0 Å². The van der Waals surface area contributed by atoms with Crippen molar-refractivity contribution in [2.45, 2.75) is 44.7 Å². The highest BCUT2D eigenvalue weighted by Crippen LogP contribution is 2.19. The maximum atomic E-state index is 11.9. The number of nitrogens with two attached hydrogens (primary N) is 1. The third kappa shape index (κ3) is 3.97. The van der Waals surface area contributed by atoms with Crippen molar-refractivity contribution in [1.82, 2.24) is 5.32 Å². The molecule has 0 saturated carbocycles. The molecule has 4 nitrogen and oxygen atoms in total. The van der Waals surface area contributed by atoms with E-state index in [1.54, 1.807) is 0 Å². The summed E-state index contributed by atoms with van der Waals surface area (Å²) < 4.78 is 0. The average molecular weight is 275 g/mol. The number of hydrogen-bond donors (Lipinski definition) is 2. The first-order valence-corrected chi connectivity index (χ1v) is 7.56. The molecule has 1 aliphatic rings. The van der Waals surface area contributed by atoms with Gasteiger partial charge in [-0.2, -0.15) is 0 Å². The molecule has 1 aromatic carbocycles. The second kappa shape index (κ2) is 7.29. The molecular formula is C16H25N3O. The number of nitrogens with zero attached hydrogens (tertiary/aromatic N) is 1. The molecule has 1 aliphatic heterocycles. The molecule has 0 aromatic heterocycles. The van der Waals surface area contributed by atoms with Crippen molar-refractivity contribution in [2.24, 2.45) is 5.73 Å². The lowest BCUT2D eigenvalue weighted by atomic mass is 10.0. The van der Waals surface area contributed by atoms with Gasteiger partial charge in [0.15, 0.2) is 0 Å². The Hall–Kier alpha value is -1.55. The molecule has 1 heterocycles. The molecule has 1 fully saturated rings. The fourth-order valence-corrected chi connectivity index (χ4v) is 2.67. The van der Waals surface area contributed by atoms with E-state index in [0.29, 0.717) is 0 Å². The molecule has 1 aromatic rings. The minimum atomic E-state index is -0.354. The van der Waals surface area contributed by atoms with Crippen LogP contribution in [0.15, 0.2) is 30.3 Å². The minimum absolute atomic E-state index is 0.00464. The maximum Gasteiger partial charge on any atom is 0.237 e. The summed E-state index contributed by atoms with van der Waals surface area (Å²) in [5, 5.41) is 3.08. The van der Waals surface area contributed by atoms with Crippen LogP contribution in [-0.2, 0) is 4.79 Å². The highest BCUT2D eigenvalue weighted by atomic mass is 16.2. The fourth-order valence-electron chi connectivity index (χ4n) is 2.67. The van der Waals surface area contributed by atoms with E-state index in [-0.39, 0.29) is 18.0 Å². The summed E-state index contributed by atoms with van der Waals surface area (Å²) in [5.74, 6) is 0.00464. The van der Waals surface area contributed by atoms with E-state index in [4.69, 9.17) is 5.73 Å². The maximum absolute atomic E-state index is 11.9. The van der Waals surface area contributed by atoms with Crippen LogP contribution < -0.4 is 16.0 Å². The van der Waals surface area contributed by atoms with Gasteiger partial charge in [-0.3, -0.25) is 4.79 Å². The molecular weight excluding hydrogens is 250 g/mol. The number of anilines is 1. The highest BCUT2D eigenvalue weighted by molar-refractivity contribution is 5.81. The van der Waals surface area contributed by atoms with E-state index < -0.39 is 0 Å². The molecule has 3 N–H and O–H groups in total. The van der Waals surface area contributed by atoms with Crippen LogP contribution >= 0.6 is 0 Å². The van der Waals surface area contributed by atoms with E-state index in [2.05, 4.69) is 34.5 Å². The molecule has 110 valence electrons. The van der Waals surface area contributed by atoms with Gasteiger partial charge in [0.1, 0.15) is 0 Å². The summed E-state index contributed by atoms with van der Waals surface area (Å²) in [6.07, 6.45) is 3.68. The van der Waals surface area contributed by atoms with Crippen molar-refractivity contribution < 1.29 is 4.79 Å². The molecule has 2 rings (SSSR count). The Bertz CT molecular complexity index is 413. The summed E-state index contributed by atoms with van der Waals surface area (Å²) in [4.78, 5) is 14.3. The monoisotopic (exact) mass is 275 g/mol. The van der Waals surface area contributed by atoms with Crippen LogP contribution in [0, 0.1) is 0 Å². The predicted octanol–water partition coefficient (Wildman–Crippen LogP) is 1.90. The van der Waals surface area contributed by atoms with E-state index in [1.807, 2.05) is 13.0 Å². The van der Waals surface area contributed by atoms with Gasteiger partial charge in [-0.15, -0.1) is 0 Å². The van der Waals surface area contributed by atoms with Gasteiger partial charge in [-0.1, -0.05) is 31.5 Å². The Labute approximate surface area is 121 Å². The normalized spacial score (nSPS) is 17.8. The summed E-state index contributed by atoms with van der Waals surface area (Å²) in [6.45, 7) is 4.02. The van der Waals surface area contributed by atoms with Crippen LogP contribution in [0.25, 0.3) is 0 Å². The van der Waals surface area contributed by atoms with Gasteiger partial charge in [0.2, 0.25) is 5.91 Å². The minimum Gasteiger partial charge on any atom is -0.371 e. The zero-order valence-corrected chi connectivity index (χ0v) is 12.2. The Morgan fingerprint density at radius 2 is 2.00 bits per heavy atom. The van der Waals surface area contributed by atoms with E-state index in [9.17, 15) is 4.79 Å². The van der Waals surface area contributed by atoms with Crippen molar-refractivity contribution in [3.8, 4) is 0 Å². The first kappa shape index (κ1) is 14.9. The number of para-hydroxylation sites is 1. The van der Waals surface area contributed by atoms with Gasteiger partial charge >= 0.3 is 0 Å². The average Bonchev–Trinajstić information content (AvgIpc) is 2.49. The van der Waals surface area contributed by atoms with Crippen molar-refractivity contribution in [1.29, 1.82) is 0 Å². The molecule has 0 spiro atoms. The van der Waals surface area contributed by atoms with Crippen LogP contribution in [0.4, 0.5) is 5.69 Å².